The fourth-order valence-electron chi connectivity index (χ4n) is 3.96. The minimum Gasteiger partial charge on any atom is -0.488 e. The molecule has 0 amide bonds. The van der Waals surface area contributed by atoms with Crippen molar-refractivity contribution in [3.8, 4) is 11.5 Å². The van der Waals surface area contributed by atoms with Crippen molar-refractivity contribution >= 4 is 10.1 Å². The summed E-state index contributed by atoms with van der Waals surface area (Å²) in [5.41, 5.74) is 1.43. The average Bonchev–Trinajstić information content (AvgIpc) is 2.69. The molecule has 0 aliphatic rings. The maximum Gasteiger partial charge on any atom is 0.283 e. The van der Waals surface area contributed by atoms with E-state index in [4.69, 9.17) is 9.47 Å². The molecule has 3 aromatic carbocycles. The first-order valence-electron chi connectivity index (χ1n) is 11.3. The van der Waals surface area contributed by atoms with E-state index >= 15 is 0 Å². The SMILES string of the molecule is Cc1ccc(C(c2ccc(OC(C)(C)C)cc2)(c2ccc(OC(C)(C)C)cc2)S(=O)(=O)O)cc1. The number of hydrogen-bond donors (Lipinski definition) is 1. The highest BCUT2D eigenvalue weighted by molar-refractivity contribution is 7.87. The second-order valence-corrected chi connectivity index (χ2v) is 12.1. The van der Waals surface area contributed by atoms with Gasteiger partial charge in [-0.25, -0.2) is 0 Å². The largest absolute Gasteiger partial charge is 0.488 e. The van der Waals surface area contributed by atoms with Crippen LogP contribution < -0.4 is 9.47 Å². The van der Waals surface area contributed by atoms with Gasteiger partial charge in [-0.05, 0) is 89.4 Å². The molecule has 0 radical (unpaired) electrons. The van der Waals surface area contributed by atoms with Gasteiger partial charge in [0.15, 0.2) is 4.75 Å². The molecular weight excluding hydrogens is 448 g/mol. The molecule has 3 aromatic rings. The summed E-state index contributed by atoms with van der Waals surface area (Å²) < 4.78 is 47.3. The third-order valence-corrected chi connectivity index (χ3v) is 6.70. The first kappa shape index (κ1) is 25.8. The Kier molecular flexibility index (Phi) is 6.89. The Morgan fingerprint density at radius 3 is 1.15 bits per heavy atom. The van der Waals surface area contributed by atoms with Crippen LogP contribution in [0.1, 0.15) is 63.8 Å². The monoisotopic (exact) mass is 482 g/mol. The van der Waals surface area contributed by atoms with Gasteiger partial charge in [0.1, 0.15) is 22.7 Å². The van der Waals surface area contributed by atoms with Crippen LogP contribution in [0.4, 0.5) is 0 Å². The molecule has 0 spiro atoms. The first-order valence-corrected chi connectivity index (χ1v) is 12.7. The zero-order valence-electron chi connectivity index (χ0n) is 20.9. The maximum absolute atomic E-state index is 13.3. The van der Waals surface area contributed by atoms with Crippen molar-refractivity contribution in [3.05, 3.63) is 95.1 Å². The predicted molar refractivity (Wildman–Crippen MR) is 136 cm³/mol. The van der Waals surface area contributed by atoms with E-state index in [0.717, 1.165) is 5.56 Å². The molecular formula is C28H34O5S. The van der Waals surface area contributed by atoms with E-state index < -0.39 is 26.1 Å². The molecule has 1 N–H and O–H groups in total. The molecule has 0 fully saturated rings. The third kappa shape index (κ3) is 5.62. The lowest BCUT2D eigenvalue weighted by atomic mass is 9.83. The summed E-state index contributed by atoms with van der Waals surface area (Å²) in [6.07, 6.45) is 0. The Hall–Kier alpha value is -2.83. The summed E-state index contributed by atoms with van der Waals surface area (Å²) in [5, 5.41) is 0. The van der Waals surface area contributed by atoms with Crippen LogP contribution in [0.25, 0.3) is 0 Å². The number of hydrogen-bond acceptors (Lipinski definition) is 4. The topological polar surface area (TPSA) is 72.8 Å². The van der Waals surface area contributed by atoms with E-state index in [-0.39, 0.29) is 0 Å². The summed E-state index contributed by atoms with van der Waals surface area (Å²) in [6.45, 7) is 13.6. The second kappa shape index (κ2) is 9.08. The van der Waals surface area contributed by atoms with E-state index in [0.29, 0.717) is 28.2 Å². The molecule has 0 saturated carbocycles. The predicted octanol–water partition coefficient (Wildman–Crippen LogP) is 6.53. The zero-order valence-corrected chi connectivity index (χ0v) is 21.7. The number of benzene rings is 3. The van der Waals surface area contributed by atoms with Crippen molar-refractivity contribution in [1.82, 2.24) is 0 Å². The van der Waals surface area contributed by atoms with E-state index in [1.54, 1.807) is 60.7 Å². The van der Waals surface area contributed by atoms with Crippen LogP contribution in [0.3, 0.4) is 0 Å². The van der Waals surface area contributed by atoms with E-state index in [1.165, 1.54) is 0 Å². The van der Waals surface area contributed by atoms with Gasteiger partial charge in [-0.3, -0.25) is 4.55 Å². The van der Waals surface area contributed by atoms with Crippen molar-refractivity contribution in [1.29, 1.82) is 0 Å². The summed E-state index contributed by atoms with van der Waals surface area (Å²) in [4.78, 5) is 0. The van der Waals surface area contributed by atoms with E-state index in [9.17, 15) is 13.0 Å². The van der Waals surface area contributed by atoms with Gasteiger partial charge in [0.25, 0.3) is 10.1 Å². The molecule has 3 rings (SSSR count). The molecule has 6 heteroatoms. The van der Waals surface area contributed by atoms with Crippen molar-refractivity contribution < 1.29 is 22.4 Å². The fourth-order valence-corrected chi connectivity index (χ4v) is 5.26. The highest BCUT2D eigenvalue weighted by Crippen LogP contribution is 2.44. The highest BCUT2D eigenvalue weighted by Gasteiger charge is 2.48. The zero-order chi connectivity index (χ0) is 25.4. The molecule has 0 aromatic heterocycles. The van der Waals surface area contributed by atoms with Crippen LogP contribution in [-0.2, 0) is 14.9 Å². The molecule has 0 saturated heterocycles. The van der Waals surface area contributed by atoms with Crippen LogP contribution in [0.5, 0.6) is 11.5 Å². The molecule has 0 aliphatic heterocycles. The molecule has 182 valence electrons. The molecule has 0 aliphatic carbocycles. The van der Waals surface area contributed by atoms with Crippen molar-refractivity contribution in [2.75, 3.05) is 0 Å². The molecule has 34 heavy (non-hydrogen) atoms. The Labute approximate surface area is 203 Å². The summed E-state index contributed by atoms with van der Waals surface area (Å²) in [5.74, 6) is 1.22. The summed E-state index contributed by atoms with van der Waals surface area (Å²) >= 11 is 0. The molecule has 0 bridgehead atoms. The number of aryl methyl sites for hydroxylation is 1. The molecule has 0 unspecified atom stereocenters. The van der Waals surface area contributed by atoms with Crippen LogP contribution in [0.2, 0.25) is 0 Å². The van der Waals surface area contributed by atoms with Crippen molar-refractivity contribution in [2.24, 2.45) is 0 Å². The van der Waals surface area contributed by atoms with Gasteiger partial charge >= 0.3 is 0 Å². The fraction of sp³-hybridized carbons (Fsp3) is 0.357. The average molecular weight is 483 g/mol. The van der Waals surface area contributed by atoms with Gasteiger partial charge < -0.3 is 9.47 Å². The standard InChI is InChI=1S/C28H34O5S/c1-20-8-10-21(11-9-20)28(34(29,30)31,22-12-16-24(17-13-22)32-26(2,3)4)23-14-18-25(19-15-23)33-27(5,6)7/h8-19H,1-7H3,(H,29,30,31). The van der Waals surface area contributed by atoms with Crippen LogP contribution >= 0.6 is 0 Å². The Balaban J connectivity index is 2.25. The summed E-state index contributed by atoms with van der Waals surface area (Å²) in [7, 11) is -4.68. The number of ether oxygens (including phenoxy) is 2. The van der Waals surface area contributed by atoms with Gasteiger partial charge in [0.2, 0.25) is 0 Å². The molecule has 0 atom stereocenters. The van der Waals surface area contributed by atoms with Crippen LogP contribution in [0, 0.1) is 6.92 Å². The Bertz CT molecular complexity index is 1150. The molecule has 5 nitrogen and oxygen atoms in total. The number of rotatable bonds is 6. The maximum atomic E-state index is 13.3. The molecule has 0 heterocycles. The smallest absolute Gasteiger partial charge is 0.283 e. The van der Waals surface area contributed by atoms with Crippen LogP contribution in [0.15, 0.2) is 72.8 Å². The van der Waals surface area contributed by atoms with E-state index in [2.05, 4.69) is 0 Å². The van der Waals surface area contributed by atoms with Gasteiger partial charge in [0.05, 0.1) is 0 Å². The second-order valence-electron chi connectivity index (χ2n) is 10.5. The summed E-state index contributed by atoms with van der Waals surface area (Å²) in [6, 6.07) is 20.8. The Morgan fingerprint density at radius 1 is 0.588 bits per heavy atom. The van der Waals surface area contributed by atoms with Gasteiger partial charge in [-0.2, -0.15) is 8.42 Å². The van der Waals surface area contributed by atoms with Crippen LogP contribution in [-0.4, -0.2) is 24.2 Å². The quantitative estimate of drug-likeness (QED) is 0.319. The van der Waals surface area contributed by atoms with Gasteiger partial charge in [0, 0.05) is 0 Å². The lowest BCUT2D eigenvalue weighted by Crippen LogP contribution is -2.38. The third-order valence-electron chi connectivity index (χ3n) is 5.21. The lowest BCUT2D eigenvalue weighted by Gasteiger charge is -2.33. The minimum atomic E-state index is -4.68. The van der Waals surface area contributed by atoms with Crippen molar-refractivity contribution in [3.63, 3.8) is 0 Å². The minimum absolute atomic E-state index is 0.401. The van der Waals surface area contributed by atoms with Crippen molar-refractivity contribution in [2.45, 2.75) is 64.4 Å². The van der Waals surface area contributed by atoms with E-state index in [1.807, 2.05) is 60.6 Å². The van der Waals surface area contributed by atoms with Gasteiger partial charge in [-0.1, -0.05) is 54.1 Å². The van der Waals surface area contributed by atoms with Gasteiger partial charge in [-0.15, -0.1) is 0 Å². The normalized spacial score (nSPS) is 12.9. The highest BCUT2D eigenvalue weighted by atomic mass is 32.2. The lowest BCUT2D eigenvalue weighted by molar-refractivity contribution is 0.130. The Morgan fingerprint density at radius 2 is 0.882 bits per heavy atom. The first-order chi connectivity index (χ1) is 15.6.